The summed E-state index contributed by atoms with van der Waals surface area (Å²) in [7, 11) is 0. The van der Waals surface area contributed by atoms with E-state index in [0.29, 0.717) is 18.4 Å². The normalized spacial score (nSPS) is 26.5. The SMILES string of the molecule is Cc1noc(C)c1CN1CCO[C@]2(CCC[C@H]2COc2ccccn2)C1. The molecule has 1 saturated heterocycles. The molecule has 1 saturated carbocycles. The zero-order valence-electron chi connectivity index (χ0n) is 15.6. The summed E-state index contributed by atoms with van der Waals surface area (Å²) in [6.07, 6.45) is 5.20. The van der Waals surface area contributed by atoms with E-state index < -0.39 is 0 Å². The van der Waals surface area contributed by atoms with Gasteiger partial charge in [-0.25, -0.2) is 4.98 Å². The van der Waals surface area contributed by atoms with E-state index in [9.17, 15) is 0 Å². The van der Waals surface area contributed by atoms with E-state index >= 15 is 0 Å². The molecule has 0 bridgehead atoms. The first-order valence-corrected chi connectivity index (χ1v) is 9.48. The average molecular weight is 357 g/mol. The van der Waals surface area contributed by atoms with Gasteiger partial charge < -0.3 is 14.0 Å². The highest BCUT2D eigenvalue weighted by molar-refractivity contribution is 5.21. The molecule has 6 nitrogen and oxygen atoms in total. The van der Waals surface area contributed by atoms with E-state index in [1.54, 1.807) is 6.20 Å². The Labute approximate surface area is 154 Å². The van der Waals surface area contributed by atoms with Crippen LogP contribution in [0.1, 0.15) is 36.3 Å². The zero-order chi connectivity index (χ0) is 18.0. The fourth-order valence-electron chi connectivity index (χ4n) is 4.33. The van der Waals surface area contributed by atoms with Crippen molar-refractivity contribution in [1.82, 2.24) is 15.0 Å². The van der Waals surface area contributed by atoms with E-state index in [0.717, 1.165) is 50.5 Å². The lowest BCUT2D eigenvalue weighted by atomic mass is 9.89. The number of rotatable bonds is 5. The molecule has 1 aliphatic heterocycles. The van der Waals surface area contributed by atoms with Crippen molar-refractivity contribution in [2.45, 2.75) is 45.3 Å². The summed E-state index contributed by atoms with van der Waals surface area (Å²) in [5.74, 6) is 2.01. The number of nitrogens with zero attached hydrogens (tertiary/aromatic N) is 3. The highest BCUT2D eigenvalue weighted by Gasteiger charge is 2.47. The number of morpholine rings is 1. The highest BCUT2D eigenvalue weighted by atomic mass is 16.5. The molecule has 26 heavy (non-hydrogen) atoms. The Bertz CT molecular complexity index is 714. The molecule has 0 N–H and O–H groups in total. The van der Waals surface area contributed by atoms with Gasteiger partial charge in [0, 0.05) is 43.4 Å². The zero-order valence-corrected chi connectivity index (χ0v) is 15.6. The number of hydrogen-bond acceptors (Lipinski definition) is 6. The third-order valence-electron chi connectivity index (χ3n) is 5.82. The number of ether oxygens (including phenoxy) is 2. The summed E-state index contributed by atoms with van der Waals surface area (Å²) in [4.78, 5) is 6.75. The van der Waals surface area contributed by atoms with Crippen LogP contribution in [0, 0.1) is 19.8 Å². The number of aromatic nitrogens is 2. The Morgan fingerprint density at radius 1 is 1.35 bits per heavy atom. The van der Waals surface area contributed by atoms with Gasteiger partial charge in [0.25, 0.3) is 0 Å². The molecule has 1 aliphatic carbocycles. The summed E-state index contributed by atoms with van der Waals surface area (Å²) in [6, 6.07) is 5.77. The number of aryl methyl sites for hydroxylation is 2. The lowest BCUT2D eigenvalue weighted by Crippen LogP contribution is -2.54. The molecule has 2 aliphatic rings. The molecule has 4 rings (SSSR count). The van der Waals surface area contributed by atoms with Crippen molar-refractivity contribution in [3.63, 3.8) is 0 Å². The van der Waals surface area contributed by atoms with Crippen LogP contribution in [0.3, 0.4) is 0 Å². The van der Waals surface area contributed by atoms with E-state index in [4.69, 9.17) is 14.0 Å². The molecule has 0 radical (unpaired) electrons. The van der Waals surface area contributed by atoms with Crippen LogP contribution >= 0.6 is 0 Å². The van der Waals surface area contributed by atoms with Crippen LogP contribution in [-0.4, -0.2) is 46.9 Å². The van der Waals surface area contributed by atoms with Crippen LogP contribution in [0.5, 0.6) is 5.88 Å². The fourth-order valence-corrected chi connectivity index (χ4v) is 4.33. The molecular formula is C20H27N3O3. The van der Waals surface area contributed by atoms with Gasteiger partial charge in [0.05, 0.1) is 24.5 Å². The minimum absolute atomic E-state index is 0.105. The molecular weight excluding hydrogens is 330 g/mol. The van der Waals surface area contributed by atoms with Crippen molar-refractivity contribution in [2.75, 3.05) is 26.3 Å². The lowest BCUT2D eigenvalue weighted by molar-refractivity contribution is -0.137. The first-order chi connectivity index (χ1) is 12.7. The number of hydrogen-bond donors (Lipinski definition) is 0. The van der Waals surface area contributed by atoms with Gasteiger partial charge in [0.2, 0.25) is 5.88 Å². The van der Waals surface area contributed by atoms with Crippen LogP contribution < -0.4 is 4.74 Å². The average Bonchev–Trinajstić information content (AvgIpc) is 3.18. The molecule has 2 fully saturated rings. The molecule has 0 amide bonds. The van der Waals surface area contributed by atoms with E-state index in [1.807, 2.05) is 32.0 Å². The lowest BCUT2D eigenvalue weighted by Gasteiger charge is -2.44. The van der Waals surface area contributed by atoms with Crippen molar-refractivity contribution >= 4 is 0 Å². The Morgan fingerprint density at radius 2 is 2.27 bits per heavy atom. The first-order valence-electron chi connectivity index (χ1n) is 9.48. The third kappa shape index (κ3) is 3.48. The van der Waals surface area contributed by atoms with Gasteiger partial charge in [-0.3, -0.25) is 4.90 Å². The van der Waals surface area contributed by atoms with Gasteiger partial charge in [-0.2, -0.15) is 0 Å². The van der Waals surface area contributed by atoms with Gasteiger partial charge in [0.15, 0.2) is 0 Å². The van der Waals surface area contributed by atoms with Crippen molar-refractivity contribution < 1.29 is 14.0 Å². The summed E-state index contributed by atoms with van der Waals surface area (Å²) in [6.45, 7) is 8.19. The second-order valence-corrected chi connectivity index (χ2v) is 7.49. The monoisotopic (exact) mass is 357 g/mol. The molecule has 0 aromatic carbocycles. The second kappa shape index (κ2) is 7.37. The molecule has 2 atom stereocenters. The summed E-state index contributed by atoms with van der Waals surface area (Å²) in [5.41, 5.74) is 2.09. The summed E-state index contributed by atoms with van der Waals surface area (Å²) in [5, 5.41) is 4.09. The molecule has 2 aromatic heterocycles. The van der Waals surface area contributed by atoms with Gasteiger partial charge in [-0.15, -0.1) is 0 Å². The Morgan fingerprint density at radius 3 is 3.04 bits per heavy atom. The molecule has 2 aromatic rings. The van der Waals surface area contributed by atoms with Crippen LogP contribution in [0.4, 0.5) is 0 Å². The van der Waals surface area contributed by atoms with Gasteiger partial charge in [0.1, 0.15) is 5.76 Å². The van der Waals surface area contributed by atoms with E-state index in [2.05, 4.69) is 15.0 Å². The largest absolute Gasteiger partial charge is 0.477 e. The Kier molecular flexibility index (Phi) is 4.96. The van der Waals surface area contributed by atoms with Crippen LogP contribution in [0.25, 0.3) is 0 Å². The van der Waals surface area contributed by atoms with E-state index in [1.165, 1.54) is 12.0 Å². The van der Waals surface area contributed by atoms with Crippen LogP contribution in [-0.2, 0) is 11.3 Å². The maximum absolute atomic E-state index is 6.36. The van der Waals surface area contributed by atoms with Crippen molar-refractivity contribution in [3.05, 3.63) is 41.4 Å². The minimum Gasteiger partial charge on any atom is -0.477 e. The Hall–Kier alpha value is -1.92. The van der Waals surface area contributed by atoms with E-state index in [-0.39, 0.29) is 5.60 Å². The summed E-state index contributed by atoms with van der Waals surface area (Å²) < 4.78 is 17.6. The number of pyridine rings is 1. The molecule has 1 spiro atoms. The Balaban J connectivity index is 1.42. The molecule has 0 unspecified atom stereocenters. The van der Waals surface area contributed by atoms with Crippen molar-refractivity contribution in [2.24, 2.45) is 5.92 Å². The molecule has 6 heteroatoms. The highest BCUT2D eigenvalue weighted by Crippen LogP contribution is 2.41. The van der Waals surface area contributed by atoms with Crippen LogP contribution in [0.15, 0.2) is 28.9 Å². The predicted octanol–water partition coefficient (Wildman–Crippen LogP) is 3.14. The van der Waals surface area contributed by atoms with Gasteiger partial charge >= 0.3 is 0 Å². The fraction of sp³-hybridized carbons (Fsp3) is 0.600. The smallest absolute Gasteiger partial charge is 0.213 e. The first kappa shape index (κ1) is 17.5. The predicted molar refractivity (Wildman–Crippen MR) is 97.0 cm³/mol. The topological polar surface area (TPSA) is 60.6 Å². The van der Waals surface area contributed by atoms with Crippen molar-refractivity contribution in [3.8, 4) is 5.88 Å². The van der Waals surface area contributed by atoms with Crippen LogP contribution in [0.2, 0.25) is 0 Å². The van der Waals surface area contributed by atoms with Crippen molar-refractivity contribution in [1.29, 1.82) is 0 Å². The van der Waals surface area contributed by atoms with Gasteiger partial charge in [-0.1, -0.05) is 11.2 Å². The molecule has 140 valence electrons. The molecule has 3 heterocycles. The third-order valence-corrected chi connectivity index (χ3v) is 5.82. The summed E-state index contributed by atoms with van der Waals surface area (Å²) >= 11 is 0. The standard InChI is InChI=1S/C20H27N3O3/c1-15-18(16(2)26-22-15)12-23-10-11-25-20(14-23)8-5-6-17(20)13-24-19-7-3-4-9-21-19/h3-4,7,9,17H,5-6,8,10-14H2,1-2H3/t17-,20+/m0/s1. The second-order valence-electron chi connectivity index (χ2n) is 7.49. The minimum atomic E-state index is -0.105. The maximum atomic E-state index is 6.36. The quantitative estimate of drug-likeness (QED) is 0.819. The van der Waals surface area contributed by atoms with Gasteiger partial charge in [-0.05, 0) is 39.2 Å². The maximum Gasteiger partial charge on any atom is 0.213 e.